The van der Waals surface area contributed by atoms with Crippen molar-refractivity contribution >= 4 is 75.9 Å². The van der Waals surface area contributed by atoms with Gasteiger partial charge in [-0.05, 0) is 35.0 Å². The van der Waals surface area contributed by atoms with E-state index in [0.717, 1.165) is 65.2 Å². The van der Waals surface area contributed by atoms with Gasteiger partial charge in [0, 0.05) is 43.1 Å². The molecule has 0 atom stereocenters. The molecule has 0 unspecified atom stereocenters. The van der Waals surface area contributed by atoms with Crippen molar-refractivity contribution in [3.8, 4) is 0 Å². The summed E-state index contributed by atoms with van der Waals surface area (Å²) < 4.78 is 3.73. The molecule has 0 spiro atoms. The van der Waals surface area contributed by atoms with E-state index in [4.69, 9.17) is 0 Å². The minimum atomic E-state index is -0.0131. The second kappa shape index (κ2) is 5.99. The van der Waals surface area contributed by atoms with E-state index < -0.39 is 0 Å². The third-order valence-electron chi connectivity index (χ3n) is 8.00. The molecule has 0 radical (unpaired) electrons. The number of pyridine rings is 2. The predicted molar refractivity (Wildman–Crippen MR) is 148 cm³/mol. The molecule has 4 heterocycles. The molecule has 5 aromatic carbocycles. The van der Waals surface area contributed by atoms with Crippen LogP contribution in [-0.2, 0) is 0 Å². The Morgan fingerprint density at radius 1 is 0.361 bits per heavy atom. The first kappa shape index (κ1) is 18.4. The van der Waals surface area contributed by atoms with Crippen molar-refractivity contribution in [2.24, 2.45) is 0 Å². The van der Waals surface area contributed by atoms with Gasteiger partial charge >= 0.3 is 0 Å². The first-order valence-corrected chi connectivity index (χ1v) is 12.0. The quantitative estimate of drug-likeness (QED) is 0.236. The predicted octanol–water partition coefficient (Wildman–Crippen LogP) is 6.71. The van der Waals surface area contributed by atoms with Crippen molar-refractivity contribution in [1.29, 1.82) is 0 Å². The fourth-order valence-electron chi connectivity index (χ4n) is 6.53. The van der Waals surface area contributed by atoms with Gasteiger partial charge in [0.1, 0.15) is 0 Å². The van der Waals surface area contributed by atoms with Crippen LogP contribution in [0.3, 0.4) is 0 Å². The smallest absolute Gasteiger partial charge is 0.263 e. The number of para-hydroxylation sites is 2. The van der Waals surface area contributed by atoms with Crippen LogP contribution in [0.1, 0.15) is 0 Å². The van der Waals surface area contributed by atoms with E-state index in [1.165, 1.54) is 0 Å². The molecule has 9 rings (SSSR count). The highest BCUT2D eigenvalue weighted by Gasteiger charge is 2.21. The van der Waals surface area contributed by atoms with Crippen LogP contribution in [0.4, 0.5) is 0 Å². The van der Waals surface area contributed by atoms with Crippen LogP contribution in [0.5, 0.6) is 0 Å². The second-order valence-electron chi connectivity index (χ2n) is 9.66. The molecule has 0 saturated carbocycles. The molecule has 9 aromatic rings. The Morgan fingerprint density at radius 3 is 1.11 bits per heavy atom. The van der Waals surface area contributed by atoms with Gasteiger partial charge in [0.2, 0.25) is 0 Å². The number of hydrogen-bond donors (Lipinski definition) is 0. The maximum Gasteiger partial charge on any atom is 0.263 e. The van der Waals surface area contributed by atoms with Crippen LogP contribution >= 0.6 is 0 Å². The Morgan fingerprint density at radius 2 is 0.694 bits per heavy atom. The van der Waals surface area contributed by atoms with Crippen LogP contribution in [0, 0.1) is 0 Å². The molecule has 0 N–H and O–H groups in total. The molecule has 0 amide bonds. The van der Waals surface area contributed by atoms with E-state index in [-0.39, 0.29) is 11.1 Å². The summed E-state index contributed by atoms with van der Waals surface area (Å²) >= 11 is 0. The van der Waals surface area contributed by atoms with Gasteiger partial charge < -0.3 is 0 Å². The van der Waals surface area contributed by atoms with E-state index in [1.807, 2.05) is 57.3 Å². The van der Waals surface area contributed by atoms with Crippen LogP contribution in [0.15, 0.2) is 107 Å². The maximum atomic E-state index is 13.8. The number of benzene rings is 5. The fourth-order valence-corrected chi connectivity index (χ4v) is 6.53. The number of rotatable bonds is 0. The highest BCUT2D eigenvalue weighted by Crippen LogP contribution is 2.40. The van der Waals surface area contributed by atoms with Crippen molar-refractivity contribution in [2.75, 3.05) is 0 Å². The van der Waals surface area contributed by atoms with E-state index in [9.17, 15) is 9.59 Å². The fraction of sp³-hybridized carbons (Fsp3) is 0. The van der Waals surface area contributed by atoms with Gasteiger partial charge in [-0.3, -0.25) is 18.4 Å². The van der Waals surface area contributed by atoms with E-state index >= 15 is 0 Å². The molecule has 4 nitrogen and oxygen atoms in total. The molecule has 166 valence electrons. The summed E-state index contributed by atoms with van der Waals surface area (Å²) in [6.07, 6.45) is 0. The van der Waals surface area contributed by atoms with Gasteiger partial charge in [-0.2, -0.15) is 0 Å². The third kappa shape index (κ3) is 1.92. The number of aromatic nitrogens is 2. The molecule has 0 saturated heterocycles. The normalized spacial score (nSPS) is 12.7. The van der Waals surface area contributed by atoms with Gasteiger partial charge in [-0.15, -0.1) is 0 Å². The van der Waals surface area contributed by atoms with Gasteiger partial charge in [0.05, 0.1) is 22.1 Å². The minimum absolute atomic E-state index is 0.0131. The van der Waals surface area contributed by atoms with E-state index in [1.54, 1.807) is 0 Å². The summed E-state index contributed by atoms with van der Waals surface area (Å²) in [4.78, 5) is 27.6. The average molecular weight is 460 g/mol. The molecule has 0 bridgehead atoms. The molecule has 0 aliphatic heterocycles. The van der Waals surface area contributed by atoms with Gasteiger partial charge in [-0.25, -0.2) is 0 Å². The summed E-state index contributed by atoms with van der Waals surface area (Å²) in [5, 5.41) is 9.48. The lowest BCUT2D eigenvalue weighted by Gasteiger charge is -2.05. The van der Waals surface area contributed by atoms with Crippen molar-refractivity contribution in [1.82, 2.24) is 8.80 Å². The lowest BCUT2D eigenvalue weighted by atomic mass is 10.0. The molecular weight excluding hydrogens is 444 g/mol. The monoisotopic (exact) mass is 460 g/mol. The van der Waals surface area contributed by atoms with Crippen LogP contribution in [0.2, 0.25) is 0 Å². The standard InChI is InChI=1S/C32H16N2O2/c35-31-23-9-3-1-7-17(23)19-11-5-13-21-25-15-28-26(16-27(25)33(31)29(19)21)22-14-6-12-20-18-8-2-4-10-24(18)32(36)34(28)30(20)22/h1-16H. The summed E-state index contributed by atoms with van der Waals surface area (Å²) in [6.45, 7) is 0. The SMILES string of the molecule is O=c1c2ccccc2c2cccc3c4cc5c(cc4n1c23)c1cccc2c3ccccc3c(=O)n5c21. The van der Waals surface area contributed by atoms with Crippen LogP contribution < -0.4 is 11.1 Å². The average Bonchev–Trinajstić information content (AvgIpc) is 3.43. The summed E-state index contributed by atoms with van der Waals surface area (Å²) in [6, 6.07) is 32.3. The van der Waals surface area contributed by atoms with Crippen molar-refractivity contribution < 1.29 is 0 Å². The molecule has 0 aliphatic carbocycles. The zero-order chi connectivity index (χ0) is 23.7. The molecule has 36 heavy (non-hydrogen) atoms. The van der Waals surface area contributed by atoms with Gasteiger partial charge in [-0.1, -0.05) is 72.8 Å². The van der Waals surface area contributed by atoms with Crippen LogP contribution in [0.25, 0.3) is 75.9 Å². The lowest BCUT2D eigenvalue weighted by molar-refractivity contribution is 1.20. The molecule has 0 aliphatic rings. The number of fused-ring (bicyclic) bond motifs is 10. The number of nitrogens with zero attached hydrogens (tertiary/aromatic N) is 2. The lowest BCUT2D eigenvalue weighted by Crippen LogP contribution is -2.13. The Bertz CT molecular complexity index is 2340. The Hall–Kier alpha value is -4.96. The summed E-state index contributed by atoms with van der Waals surface area (Å²) in [5.41, 5.74) is 3.59. The molecule has 4 heteroatoms. The largest absolute Gasteiger partial charge is 0.275 e. The minimum Gasteiger partial charge on any atom is -0.275 e. The van der Waals surface area contributed by atoms with E-state index in [2.05, 4.69) is 48.5 Å². The van der Waals surface area contributed by atoms with Crippen molar-refractivity contribution in [3.05, 3.63) is 118 Å². The maximum absolute atomic E-state index is 13.8. The Labute approximate surface area is 202 Å². The number of hydrogen-bond acceptors (Lipinski definition) is 2. The summed E-state index contributed by atoms with van der Waals surface area (Å²) in [5.74, 6) is 0. The Balaban J connectivity index is 1.63. The van der Waals surface area contributed by atoms with Crippen LogP contribution in [-0.4, -0.2) is 8.80 Å². The zero-order valence-corrected chi connectivity index (χ0v) is 18.9. The first-order valence-electron chi connectivity index (χ1n) is 12.0. The Kier molecular flexibility index (Phi) is 3.06. The highest BCUT2D eigenvalue weighted by molar-refractivity contribution is 6.26. The van der Waals surface area contributed by atoms with E-state index in [0.29, 0.717) is 10.8 Å². The summed E-state index contributed by atoms with van der Waals surface area (Å²) in [7, 11) is 0. The third-order valence-corrected chi connectivity index (χ3v) is 8.00. The van der Waals surface area contributed by atoms with Gasteiger partial charge in [0.15, 0.2) is 0 Å². The molecular formula is C32H16N2O2. The van der Waals surface area contributed by atoms with Crippen molar-refractivity contribution in [2.45, 2.75) is 0 Å². The first-order chi connectivity index (χ1) is 17.7. The topological polar surface area (TPSA) is 43.0 Å². The van der Waals surface area contributed by atoms with Crippen molar-refractivity contribution in [3.63, 3.8) is 0 Å². The second-order valence-corrected chi connectivity index (χ2v) is 9.66. The highest BCUT2D eigenvalue weighted by atomic mass is 16.1. The zero-order valence-electron chi connectivity index (χ0n) is 18.9. The molecule has 0 fully saturated rings. The van der Waals surface area contributed by atoms with Gasteiger partial charge in [0.25, 0.3) is 11.1 Å². The molecule has 4 aromatic heterocycles.